The molecule has 4 nitrogen and oxygen atoms in total. The highest BCUT2D eigenvalue weighted by Crippen LogP contribution is 2.23. The SMILES string of the molecule is Cc1ccc(Nc2nc(C(=O)NC(C)c3ccccc3)cs2)cc1C. The summed E-state index contributed by atoms with van der Waals surface area (Å²) >= 11 is 1.42. The predicted molar refractivity (Wildman–Crippen MR) is 104 cm³/mol. The summed E-state index contributed by atoms with van der Waals surface area (Å²) in [6.07, 6.45) is 0. The average Bonchev–Trinajstić information content (AvgIpc) is 3.07. The topological polar surface area (TPSA) is 54.0 Å². The van der Waals surface area contributed by atoms with Gasteiger partial charge in [0.05, 0.1) is 6.04 Å². The molecule has 0 aliphatic heterocycles. The predicted octanol–water partition coefficient (Wildman–Crippen LogP) is 4.99. The molecule has 1 heterocycles. The lowest BCUT2D eigenvalue weighted by Gasteiger charge is -2.13. The number of rotatable bonds is 5. The first-order chi connectivity index (χ1) is 12.0. The highest BCUT2D eigenvalue weighted by molar-refractivity contribution is 7.14. The van der Waals surface area contributed by atoms with Crippen LogP contribution in [0, 0.1) is 13.8 Å². The van der Waals surface area contributed by atoms with Crippen molar-refractivity contribution in [1.82, 2.24) is 10.3 Å². The number of hydrogen-bond donors (Lipinski definition) is 2. The Morgan fingerprint density at radius 1 is 1.08 bits per heavy atom. The van der Waals surface area contributed by atoms with Gasteiger partial charge in [-0.1, -0.05) is 36.4 Å². The van der Waals surface area contributed by atoms with E-state index in [9.17, 15) is 4.79 Å². The summed E-state index contributed by atoms with van der Waals surface area (Å²) in [4.78, 5) is 16.8. The number of nitrogens with zero attached hydrogens (tertiary/aromatic N) is 1. The summed E-state index contributed by atoms with van der Waals surface area (Å²) in [5.41, 5.74) is 4.94. The summed E-state index contributed by atoms with van der Waals surface area (Å²) in [5.74, 6) is -0.166. The zero-order valence-corrected chi connectivity index (χ0v) is 15.4. The quantitative estimate of drug-likeness (QED) is 0.680. The van der Waals surface area contributed by atoms with Gasteiger partial charge in [0.15, 0.2) is 5.13 Å². The average molecular weight is 351 g/mol. The molecular weight excluding hydrogens is 330 g/mol. The fourth-order valence-corrected chi connectivity index (χ4v) is 3.18. The molecule has 0 aliphatic carbocycles. The fraction of sp³-hybridized carbons (Fsp3) is 0.200. The van der Waals surface area contributed by atoms with Gasteiger partial charge in [0.2, 0.25) is 0 Å². The Morgan fingerprint density at radius 3 is 2.56 bits per heavy atom. The van der Waals surface area contributed by atoms with E-state index in [4.69, 9.17) is 0 Å². The standard InChI is InChI=1S/C20H21N3OS/c1-13-9-10-17(11-14(13)2)22-20-23-18(12-25-20)19(24)21-15(3)16-7-5-4-6-8-16/h4-12,15H,1-3H3,(H,21,24)(H,22,23). The number of carbonyl (C=O) groups excluding carboxylic acids is 1. The van der Waals surface area contributed by atoms with Gasteiger partial charge in [0.25, 0.3) is 5.91 Å². The van der Waals surface area contributed by atoms with Gasteiger partial charge in [-0.25, -0.2) is 4.98 Å². The Bertz CT molecular complexity index is 874. The zero-order chi connectivity index (χ0) is 17.8. The summed E-state index contributed by atoms with van der Waals surface area (Å²) in [5, 5.41) is 8.73. The van der Waals surface area contributed by atoms with Crippen LogP contribution < -0.4 is 10.6 Å². The van der Waals surface area contributed by atoms with Crippen LogP contribution in [0.4, 0.5) is 10.8 Å². The van der Waals surface area contributed by atoms with E-state index in [-0.39, 0.29) is 11.9 Å². The molecular formula is C20H21N3OS. The Kier molecular flexibility index (Phi) is 5.14. The van der Waals surface area contributed by atoms with Crippen molar-refractivity contribution in [1.29, 1.82) is 0 Å². The first-order valence-corrected chi connectivity index (χ1v) is 9.06. The Labute approximate surface area is 151 Å². The molecule has 0 bridgehead atoms. The highest BCUT2D eigenvalue weighted by atomic mass is 32.1. The zero-order valence-electron chi connectivity index (χ0n) is 14.5. The molecule has 3 aromatic rings. The number of carbonyl (C=O) groups is 1. The van der Waals surface area contributed by atoms with Crippen molar-refractivity contribution in [3.05, 3.63) is 76.3 Å². The van der Waals surface area contributed by atoms with E-state index >= 15 is 0 Å². The summed E-state index contributed by atoms with van der Waals surface area (Å²) in [6, 6.07) is 16.0. The molecule has 0 saturated carbocycles. The molecule has 1 aromatic heterocycles. The van der Waals surface area contributed by atoms with E-state index in [0.29, 0.717) is 10.8 Å². The van der Waals surface area contributed by atoms with Gasteiger partial charge in [0.1, 0.15) is 5.69 Å². The van der Waals surface area contributed by atoms with Crippen LogP contribution in [-0.2, 0) is 0 Å². The second-order valence-electron chi connectivity index (χ2n) is 6.07. The van der Waals surface area contributed by atoms with Crippen molar-refractivity contribution in [2.24, 2.45) is 0 Å². The Balaban J connectivity index is 1.66. The minimum atomic E-state index is -0.166. The van der Waals surface area contributed by atoms with E-state index in [1.54, 1.807) is 5.38 Å². The van der Waals surface area contributed by atoms with E-state index in [1.165, 1.54) is 22.5 Å². The normalized spacial score (nSPS) is 11.8. The van der Waals surface area contributed by atoms with E-state index < -0.39 is 0 Å². The molecule has 25 heavy (non-hydrogen) atoms. The maximum absolute atomic E-state index is 12.4. The van der Waals surface area contributed by atoms with Gasteiger partial charge < -0.3 is 10.6 Å². The molecule has 1 amide bonds. The molecule has 0 spiro atoms. The van der Waals surface area contributed by atoms with E-state index in [0.717, 1.165) is 11.3 Å². The van der Waals surface area contributed by atoms with Crippen molar-refractivity contribution in [3.8, 4) is 0 Å². The van der Waals surface area contributed by atoms with Gasteiger partial charge in [-0.2, -0.15) is 0 Å². The molecule has 2 N–H and O–H groups in total. The number of benzene rings is 2. The van der Waals surface area contributed by atoms with Gasteiger partial charge >= 0.3 is 0 Å². The molecule has 128 valence electrons. The number of aromatic nitrogens is 1. The van der Waals surface area contributed by atoms with E-state index in [2.05, 4.69) is 41.6 Å². The first-order valence-electron chi connectivity index (χ1n) is 8.18. The molecule has 2 aromatic carbocycles. The molecule has 5 heteroatoms. The largest absolute Gasteiger partial charge is 0.344 e. The van der Waals surface area contributed by atoms with Crippen LogP contribution in [0.25, 0.3) is 0 Å². The number of aryl methyl sites for hydroxylation is 2. The van der Waals surface area contributed by atoms with Crippen molar-refractivity contribution in [2.45, 2.75) is 26.8 Å². The number of thiazole rings is 1. The van der Waals surface area contributed by atoms with Crippen LogP contribution in [-0.4, -0.2) is 10.9 Å². The number of hydrogen-bond acceptors (Lipinski definition) is 4. The molecule has 0 saturated heterocycles. The third kappa shape index (κ3) is 4.25. The van der Waals surface area contributed by atoms with Crippen LogP contribution in [0.1, 0.15) is 40.1 Å². The second-order valence-corrected chi connectivity index (χ2v) is 6.93. The monoisotopic (exact) mass is 351 g/mol. The molecule has 0 aliphatic rings. The minimum absolute atomic E-state index is 0.0634. The third-order valence-electron chi connectivity index (χ3n) is 4.14. The summed E-state index contributed by atoms with van der Waals surface area (Å²) in [7, 11) is 0. The van der Waals surface area contributed by atoms with Crippen molar-refractivity contribution in [3.63, 3.8) is 0 Å². The van der Waals surface area contributed by atoms with Crippen LogP contribution in [0.5, 0.6) is 0 Å². The van der Waals surface area contributed by atoms with Gasteiger partial charge in [-0.3, -0.25) is 4.79 Å². The maximum Gasteiger partial charge on any atom is 0.271 e. The lowest BCUT2D eigenvalue weighted by molar-refractivity contribution is 0.0935. The Hall–Kier alpha value is -2.66. The van der Waals surface area contributed by atoms with Crippen LogP contribution >= 0.6 is 11.3 Å². The lowest BCUT2D eigenvalue weighted by atomic mass is 10.1. The van der Waals surface area contributed by atoms with Crippen LogP contribution in [0.2, 0.25) is 0 Å². The third-order valence-corrected chi connectivity index (χ3v) is 4.90. The molecule has 1 unspecified atom stereocenters. The van der Waals surface area contributed by atoms with Gasteiger partial charge in [0, 0.05) is 11.1 Å². The summed E-state index contributed by atoms with van der Waals surface area (Å²) in [6.45, 7) is 6.12. The van der Waals surface area contributed by atoms with Crippen LogP contribution in [0.3, 0.4) is 0 Å². The number of nitrogens with one attached hydrogen (secondary N) is 2. The number of anilines is 2. The van der Waals surface area contributed by atoms with Gasteiger partial charge in [-0.05, 0) is 49.6 Å². The van der Waals surface area contributed by atoms with Crippen molar-refractivity contribution < 1.29 is 4.79 Å². The molecule has 3 rings (SSSR count). The van der Waals surface area contributed by atoms with Crippen LogP contribution in [0.15, 0.2) is 53.9 Å². The van der Waals surface area contributed by atoms with E-state index in [1.807, 2.05) is 43.3 Å². The summed E-state index contributed by atoms with van der Waals surface area (Å²) < 4.78 is 0. The second kappa shape index (κ2) is 7.49. The molecule has 0 radical (unpaired) electrons. The fourth-order valence-electron chi connectivity index (χ4n) is 2.47. The smallest absolute Gasteiger partial charge is 0.271 e. The highest BCUT2D eigenvalue weighted by Gasteiger charge is 2.14. The number of amides is 1. The molecule has 0 fully saturated rings. The minimum Gasteiger partial charge on any atom is -0.344 e. The first kappa shape index (κ1) is 17.2. The van der Waals surface area contributed by atoms with Crippen molar-refractivity contribution >= 4 is 28.1 Å². The lowest BCUT2D eigenvalue weighted by Crippen LogP contribution is -2.26. The van der Waals surface area contributed by atoms with Gasteiger partial charge in [-0.15, -0.1) is 11.3 Å². The van der Waals surface area contributed by atoms with Crippen molar-refractivity contribution in [2.75, 3.05) is 5.32 Å². The Morgan fingerprint density at radius 2 is 1.84 bits per heavy atom. The molecule has 1 atom stereocenters. The maximum atomic E-state index is 12.4.